The van der Waals surface area contributed by atoms with Crippen molar-refractivity contribution in [1.29, 1.82) is 0 Å². The smallest absolute Gasteiger partial charge is 0.0160 e. The van der Waals surface area contributed by atoms with Crippen molar-refractivity contribution in [3.63, 3.8) is 0 Å². The van der Waals surface area contributed by atoms with E-state index in [2.05, 4.69) is 16.8 Å². The fourth-order valence-corrected chi connectivity index (χ4v) is 3.07. The first-order valence-corrected chi connectivity index (χ1v) is 6.98. The summed E-state index contributed by atoms with van der Waals surface area (Å²) in [7, 11) is 0. The van der Waals surface area contributed by atoms with Gasteiger partial charge in [-0.2, -0.15) is 0 Å². The van der Waals surface area contributed by atoms with Gasteiger partial charge in [0.1, 0.15) is 0 Å². The van der Waals surface area contributed by atoms with Crippen molar-refractivity contribution in [2.45, 2.75) is 57.0 Å². The lowest BCUT2D eigenvalue weighted by Gasteiger charge is -2.35. The van der Waals surface area contributed by atoms with Gasteiger partial charge in [0, 0.05) is 18.6 Å². The molecule has 2 nitrogen and oxygen atoms in total. The van der Waals surface area contributed by atoms with Crippen LogP contribution in [0.2, 0.25) is 0 Å². The van der Waals surface area contributed by atoms with Gasteiger partial charge < -0.3 is 5.32 Å². The maximum atomic E-state index is 3.87. The molecule has 0 amide bonds. The Hall–Kier alpha value is -0.340. The zero-order valence-electron chi connectivity index (χ0n) is 10.5. The molecule has 1 saturated carbocycles. The Morgan fingerprint density at radius 1 is 1.00 bits per heavy atom. The summed E-state index contributed by atoms with van der Waals surface area (Å²) < 4.78 is 0. The molecule has 1 heterocycles. The van der Waals surface area contributed by atoms with Crippen LogP contribution in [-0.2, 0) is 0 Å². The second kappa shape index (κ2) is 6.41. The van der Waals surface area contributed by atoms with Gasteiger partial charge in [-0.25, -0.2) is 0 Å². The molecule has 1 aliphatic carbocycles. The van der Waals surface area contributed by atoms with Crippen molar-refractivity contribution < 1.29 is 0 Å². The second-order valence-electron chi connectivity index (χ2n) is 5.37. The molecule has 1 N–H and O–H groups in total. The highest BCUT2D eigenvalue weighted by atomic mass is 15.1. The minimum atomic E-state index is 0.782. The van der Waals surface area contributed by atoms with Crippen LogP contribution >= 0.6 is 0 Å². The molecule has 0 bridgehead atoms. The fourth-order valence-electron chi connectivity index (χ4n) is 3.07. The van der Waals surface area contributed by atoms with Crippen LogP contribution in [0.15, 0.2) is 12.7 Å². The van der Waals surface area contributed by atoms with E-state index in [0.717, 1.165) is 18.6 Å². The van der Waals surface area contributed by atoms with E-state index in [1.165, 1.54) is 58.0 Å². The molecule has 0 atom stereocenters. The molecular weight excluding hydrogens is 196 g/mol. The largest absolute Gasteiger partial charge is 0.311 e. The Bertz CT molecular complexity index is 201. The maximum Gasteiger partial charge on any atom is 0.0160 e. The van der Waals surface area contributed by atoms with Crippen LogP contribution in [0, 0.1) is 0 Å². The third-order valence-electron chi connectivity index (χ3n) is 4.05. The summed E-state index contributed by atoms with van der Waals surface area (Å²) in [5, 5.41) is 3.87. The number of rotatable bonds is 4. The van der Waals surface area contributed by atoms with E-state index in [-0.39, 0.29) is 0 Å². The molecule has 2 rings (SSSR count). The SMILES string of the molecule is C=CCN1CCC(NC2CCCCC2)CC1. The van der Waals surface area contributed by atoms with Gasteiger partial charge >= 0.3 is 0 Å². The number of hydrogen-bond donors (Lipinski definition) is 1. The van der Waals surface area contributed by atoms with Gasteiger partial charge in [0.05, 0.1) is 0 Å². The summed E-state index contributed by atoms with van der Waals surface area (Å²) in [6.07, 6.45) is 11.8. The van der Waals surface area contributed by atoms with E-state index in [0.29, 0.717) is 0 Å². The first-order valence-electron chi connectivity index (χ1n) is 6.98. The number of piperidine rings is 1. The van der Waals surface area contributed by atoms with Crippen LogP contribution in [0.4, 0.5) is 0 Å². The Morgan fingerprint density at radius 2 is 1.62 bits per heavy atom. The molecule has 0 aromatic carbocycles. The molecule has 1 aliphatic heterocycles. The lowest BCUT2D eigenvalue weighted by Crippen LogP contribution is -2.46. The van der Waals surface area contributed by atoms with Gasteiger partial charge in [-0.1, -0.05) is 25.3 Å². The standard InChI is InChI=1S/C14H26N2/c1-2-10-16-11-8-14(9-12-16)15-13-6-4-3-5-7-13/h2,13-15H,1,3-12H2. The highest BCUT2D eigenvalue weighted by Gasteiger charge is 2.21. The Labute approximate surface area is 100 Å². The average molecular weight is 222 g/mol. The molecule has 2 heteroatoms. The van der Waals surface area contributed by atoms with Crippen LogP contribution in [0.3, 0.4) is 0 Å². The topological polar surface area (TPSA) is 15.3 Å². The summed E-state index contributed by atoms with van der Waals surface area (Å²) >= 11 is 0. The zero-order chi connectivity index (χ0) is 11.2. The second-order valence-corrected chi connectivity index (χ2v) is 5.37. The molecule has 92 valence electrons. The van der Waals surface area contributed by atoms with Gasteiger partial charge in [-0.15, -0.1) is 6.58 Å². The van der Waals surface area contributed by atoms with Gasteiger partial charge in [0.15, 0.2) is 0 Å². The van der Waals surface area contributed by atoms with E-state index in [1.807, 2.05) is 6.08 Å². The van der Waals surface area contributed by atoms with Crippen molar-refractivity contribution in [2.75, 3.05) is 19.6 Å². The maximum absolute atomic E-state index is 3.87. The molecule has 2 aliphatic rings. The highest BCUT2D eigenvalue weighted by Crippen LogP contribution is 2.20. The monoisotopic (exact) mass is 222 g/mol. The number of nitrogens with one attached hydrogen (secondary N) is 1. The van der Waals surface area contributed by atoms with Crippen molar-refractivity contribution in [3.05, 3.63) is 12.7 Å². The normalized spacial score (nSPS) is 25.8. The quantitative estimate of drug-likeness (QED) is 0.735. The van der Waals surface area contributed by atoms with Crippen molar-refractivity contribution in [2.24, 2.45) is 0 Å². The van der Waals surface area contributed by atoms with Crippen LogP contribution in [0.25, 0.3) is 0 Å². The third-order valence-corrected chi connectivity index (χ3v) is 4.05. The number of hydrogen-bond acceptors (Lipinski definition) is 2. The Morgan fingerprint density at radius 3 is 2.25 bits per heavy atom. The minimum Gasteiger partial charge on any atom is -0.311 e. The molecule has 0 radical (unpaired) electrons. The van der Waals surface area contributed by atoms with Crippen LogP contribution < -0.4 is 5.32 Å². The van der Waals surface area contributed by atoms with Crippen molar-refractivity contribution in [3.8, 4) is 0 Å². The minimum absolute atomic E-state index is 0.782. The molecule has 0 aromatic rings. The fraction of sp³-hybridized carbons (Fsp3) is 0.857. The molecule has 2 fully saturated rings. The summed E-state index contributed by atoms with van der Waals surface area (Å²) in [5.41, 5.74) is 0. The van der Waals surface area contributed by atoms with E-state index in [1.54, 1.807) is 0 Å². The zero-order valence-corrected chi connectivity index (χ0v) is 10.5. The lowest BCUT2D eigenvalue weighted by atomic mass is 9.93. The summed E-state index contributed by atoms with van der Waals surface area (Å²) in [4.78, 5) is 2.51. The predicted octanol–water partition coefficient (Wildman–Crippen LogP) is 2.56. The lowest BCUT2D eigenvalue weighted by molar-refractivity contribution is 0.198. The first kappa shape index (κ1) is 12.1. The molecule has 1 saturated heterocycles. The molecule has 0 spiro atoms. The highest BCUT2D eigenvalue weighted by molar-refractivity contribution is 4.84. The van der Waals surface area contributed by atoms with Crippen molar-refractivity contribution >= 4 is 0 Å². The van der Waals surface area contributed by atoms with Crippen LogP contribution in [0.5, 0.6) is 0 Å². The molecule has 0 unspecified atom stereocenters. The molecule has 16 heavy (non-hydrogen) atoms. The van der Waals surface area contributed by atoms with Gasteiger partial charge in [0.2, 0.25) is 0 Å². The molecular formula is C14H26N2. The summed E-state index contributed by atoms with van der Waals surface area (Å²) in [5.74, 6) is 0. The van der Waals surface area contributed by atoms with E-state index in [9.17, 15) is 0 Å². The average Bonchev–Trinajstić information content (AvgIpc) is 2.33. The first-order chi connectivity index (χ1) is 7.88. The summed E-state index contributed by atoms with van der Waals surface area (Å²) in [6.45, 7) is 7.37. The van der Waals surface area contributed by atoms with E-state index in [4.69, 9.17) is 0 Å². The van der Waals surface area contributed by atoms with E-state index < -0.39 is 0 Å². The van der Waals surface area contributed by atoms with Gasteiger partial charge in [0.25, 0.3) is 0 Å². The van der Waals surface area contributed by atoms with E-state index >= 15 is 0 Å². The summed E-state index contributed by atoms with van der Waals surface area (Å²) in [6, 6.07) is 1.61. The van der Waals surface area contributed by atoms with Crippen molar-refractivity contribution in [1.82, 2.24) is 10.2 Å². The van der Waals surface area contributed by atoms with Gasteiger partial charge in [-0.05, 0) is 38.8 Å². The number of likely N-dealkylation sites (tertiary alicyclic amines) is 1. The van der Waals surface area contributed by atoms with Gasteiger partial charge in [-0.3, -0.25) is 4.90 Å². The molecule has 0 aromatic heterocycles. The third kappa shape index (κ3) is 3.60. The number of nitrogens with zero attached hydrogens (tertiary/aromatic N) is 1. The van der Waals surface area contributed by atoms with Crippen LogP contribution in [0.1, 0.15) is 44.9 Å². The predicted molar refractivity (Wildman–Crippen MR) is 69.7 cm³/mol. The van der Waals surface area contributed by atoms with Crippen LogP contribution in [-0.4, -0.2) is 36.6 Å². The Balaban J connectivity index is 1.66. The Kier molecular flexibility index (Phi) is 4.86.